The molecular weight excluding hydrogens is 193 g/mol. The largest absolute Gasteiger partial charge is 0.522 e. The lowest BCUT2D eigenvalue weighted by atomic mass is 9.89. The molecule has 0 bridgehead atoms. The minimum atomic E-state index is -4.45. The number of hydrogen-bond acceptors (Lipinski definition) is 1. The molecule has 0 aromatic carbocycles. The maximum atomic E-state index is 11.7. The summed E-state index contributed by atoms with van der Waals surface area (Å²) in [6, 6.07) is 0. The third-order valence-electron chi connectivity index (χ3n) is 2.26. The van der Waals surface area contributed by atoms with Crippen LogP contribution < -0.4 is 0 Å². The third-order valence-corrected chi connectivity index (χ3v) is 2.26. The molecule has 14 heavy (non-hydrogen) atoms. The number of rotatable bonds is 1. The van der Waals surface area contributed by atoms with Crippen molar-refractivity contribution in [3.8, 4) is 0 Å². The van der Waals surface area contributed by atoms with E-state index in [0.717, 1.165) is 12.8 Å². The molecule has 1 aliphatic rings. The summed E-state index contributed by atoms with van der Waals surface area (Å²) in [5, 5.41) is 0. The van der Waals surface area contributed by atoms with Crippen LogP contribution in [0.5, 0.6) is 0 Å². The Bertz CT molecular complexity index is 137. The van der Waals surface area contributed by atoms with Crippen molar-refractivity contribution in [2.24, 2.45) is 5.92 Å². The van der Waals surface area contributed by atoms with Crippen molar-refractivity contribution >= 4 is 0 Å². The van der Waals surface area contributed by atoms with E-state index >= 15 is 0 Å². The summed E-state index contributed by atoms with van der Waals surface area (Å²) in [5.41, 5.74) is 0. The van der Waals surface area contributed by atoms with Crippen molar-refractivity contribution in [1.29, 1.82) is 0 Å². The van der Waals surface area contributed by atoms with E-state index in [1.807, 2.05) is 13.8 Å². The number of alkyl halides is 3. The van der Waals surface area contributed by atoms with Crippen LogP contribution in [0, 0.1) is 5.92 Å². The van der Waals surface area contributed by atoms with E-state index in [0.29, 0.717) is 18.8 Å². The highest BCUT2D eigenvalue weighted by atomic mass is 19.4. The topological polar surface area (TPSA) is 9.23 Å². The monoisotopic (exact) mass is 212 g/mol. The predicted molar refractivity (Wildman–Crippen MR) is 49.9 cm³/mol. The van der Waals surface area contributed by atoms with E-state index in [4.69, 9.17) is 0 Å². The Balaban J connectivity index is 0.000000791. The Hall–Kier alpha value is -0.250. The van der Waals surface area contributed by atoms with Crippen LogP contribution in [-0.4, -0.2) is 12.5 Å². The average molecular weight is 212 g/mol. The van der Waals surface area contributed by atoms with E-state index in [-0.39, 0.29) is 0 Å². The molecule has 0 aromatic heterocycles. The first-order valence-corrected chi connectivity index (χ1v) is 5.22. The highest BCUT2D eigenvalue weighted by Crippen LogP contribution is 2.30. The van der Waals surface area contributed by atoms with E-state index in [1.165, 1.54) is 0 Å². The normalized spacial score (nSPS) is 27.9. The van der Waals surface area contributed by atoms with Gasteiger partial charge in [0, 0.05) is 0 Å². The number of hydrogen-bond donors (Lipinski definition) is 0. The van der Waals surface area contributed by atoms with Crippen LogP contribution in [0.1, 0.15) is 46.5 Å². The van der Waals surface area contributed by atoms with Gasteiger partial charge in [0.15, 0.2) is 0 Å². The lowest BCUT2D eigenvalue weighted by Gasteiger charge is -2.26. The minimum absolute atomic E-state index is 0.542. The molecule has 0 saturated heterocycles. The molecular formula is C10H19F3O. The van der Waals surface area contributed by atoms with Gasteiger partial charge >= 0.3 is 6.36 Å². The Kier molecular flexibility index (Phi) is 6.16. The fourth-order valence-corrected chi connectivity index (χ4v) is 1.54. The summed E-state index contributed by atoms with van der Waals surface area (Å²) >= 11 is 0. The standard InChI is InChI=1S/C8H13F3O.C2H6/c1-6-2-4-7(5-3-6)12-8(9,10)11;1-2/h6-7H,2-5H2,1H3;1-2H3. The summed E-state index contributed by atoms with van der Waals surface area (Å²) < 4.78 is 39.1. The van der Waals surface area contributed by atoms with Gasteiger partial charge in [-0.1, -0.05) is 20.8 Å². The molecule has 0 heterocycles. The van der Waals surface area contributed by atoms with Gasteiger partial charge in [-0.15, -0.1) is 13.2 Å². The Morgan fingerprint density at radius 3 is 1.79 bits per heavy atom. The second-order valence-corrected chi connectivity index (χ2v) is 3.45. The summed E-state index contributed by atoms with van der Waals surface area (Å²) in [5.74, 6) is 0.554. The van der Waals surface area contributed by atoms with Gasteiger partial charge in [-0.25, -0.2) is 0 Å². The molecule has 0 amide bonds. The molecule has 4 heteroatoms. The van der Waals surface area contributed by atoms with Crippen LogP contribution in [-0.2, 0) is 4.74 Å². The van der Waals surface area contributed by atoms with E-state index in [9.17, 15) is 13.2 Å². The van der Waals surface area contributed by atoms with E-state index < -0.39 is 12.5 Å². The maximum absolute atomic E-state index is 11.7. The fourth-order valence-electron chi connectivity index (χ4n) is 1.54. The molecule has 1 aliphatic carbocycles. The molecule has 0 radical (unpaired) electrons. The molecule has 0 aliphatic heterocycles. The van der Waals surface area contributed by atoms with Crippen molar-refractivity contribution in [3.63, 3.8) is 0 Å². The number of halogens is 3. The molecule has 0 aromatic rings. The quantitative estimate of drug-likeness (QED) is 0.635. The first kappa shape index (κ1) is 13.8. The lowest BCUT2D eigenvalue weighted by Crippen LogP contribution is -2.27. The Labute approximate surface area is 83.6 Å². The summed E-state index contributed by atoms with van der Waals surface area (Å²) in [7, 11) is 0. The van der Waals surface area contributed by atoms with Crippen molar-refractivity contribution in [1.82, 2.24) is 0 Å². The van der Waals surface area contributed by atoms with Crippen LogP contribution in [0.2, 0.25) is 0 Å². The summed E-state index contributed by atoms with van der Waals surface area (Å²) in [6.45, 7) is 6.06. The van der Waals surface area contributed by atoms with E-state index in [1.54, 1.807) is 0 Å². The van der Waals surface area contributed by atoms with Gasteiger partial charge in [-0.05, 0) is 31.6 Å². The van der Waals surface area contributed by atoms with Gasteiger partial charge in [0.2, 0.25) is 0 Å². The van der Waals surface area contributed by atoms with Gasteiger partial charge in [0.1, 0.15) is 0 Å². The average Bonchev–Trinajstić information content (AvgIpc) is 2.10. The molecule has 0 N–H and O–H groups in total. The summed E-state index contributed by atoms with van der Waals surface area (Å²) in [4.78, 5) is 0. The second-order valence-electron chi connectivity index (χ2n) is 3.45. The van der Waals surface area contributed by atoms with Gasteiger partial charge in [0.25, 0.3) is 0 Å². The van der Waals surface area contributed by atoms with Gasteiger partial charge < -0.3 is 0 Å². The molecule has 1 nitrogen and oxygen atoms in total. The van der Waals surface area contributed by atoms with Gasteiger partial charge in [-0.2, -0.15) is 0 Å². The third kappa shape index (κ3) is 6.24. The van der Waals surface area contributed by atoms with Crippen LogP contribution in [0.3, 0.4) is 0 Å². The smallest absolute Gasteiger partial charge is 0.289 e. The fraction of sp³-hybridized carbons (Fsp3) is 1.00. The zero-order valence-electron chi connectivity index (χ0n) is 9.03. The van der Waals surface area contributed by atoms with Gasteiger partial charge in [-0.3, -0.25) is 4.74 Å². The van der Waals surface area contributed by atoms with Crippen LogP contribution in [0.4, 0.5) is 13.2 Å². The van der Waals surface area contributed by atoms with Crippen molar-refractivity contribution in [2.45, 2.75) is 58.9 Å². The molecule has 1 rings (SSSR count). The minimum Gasteiger partial charge on any atom is -0.289 e. The van der Waals surface area contributed by atoms with Gasteiger partial charge in [0.05, 0.1) is 6.10 Å². The Morgan fingerprint density at radius 1 is 1.00 bits per heavy atom. The first-order valence-electron chi connectivity index (χ1n) is 5.22. The lowest BCUT2D eigenvalue weighted by molar-refractivity contribution is -0.345. The van der Waals surface area contributed by atoms with Crippen molar-refractivity contribution in [2.75, 3.05) is 0 Å². The Morgan fingerprint density at radius 2 is 1.43 bits per heavy atom. The molecule has 1 saturated carbocycles. The van der Waals surface area contributed by atoms with Crippen LogP contribution >= 0.6 is 0 Å². The molecule has 0 unspecified atom stereocenters. The number of ether oxygens (including phenoxy) is 1. The van der Waals surface area contributed by atoms with Crippen LogP contribution in [0.25, 0.3) is 0 Å². The van der Waals surface area contributed by atoms with E-state index in [2.05, 4.69) is 11.7 Å². The second kappa shape index (κ2) is 6.27. The predicted octanol–water partition coefficient (Wildman–Crippen LogP) is 4.13. The SMILES string of the molecule is CC.CC1CCC(OC(F)(F)F)CC1. The van der Waals surface area contributed by atoms with Crippen molar-refractivity contribution < 1.29 is 17.9 Å². The zero-order valence-corrected chi connectivity index (χ0v) is 9.03. The molecule has 86 valence electrons. The maximum Gasteiger partial charge on any atom is 0.522 e. The highest BCUT2D eigenvalue weighted by Gasteiger charge is 2.34. The summed E-state index contributed by atoms with van der Waals surface area (Å²) in [6.07, 6.45) is -2.27. The van der Waals surface area contributed by atoms with Crippen molar-refractivity contribution in [3.05, 3.63) is 0 Å². The van der Waals surface area contributed by atoms with Crippen LogP contribution in [0.15, 0.2) is 0 Å². The first-order chi connectivity index (χ1) is 6.47. The molecule has 1 fully saturated rings. The molecule has 0 atom stereocenters. The molecule has 0 spiro atoms. The zero-order chi connectivity index (χ0) is 11.2. The highest BCUT2D eigenvalue weighted by molar-refractivity contribution is 4.70.